The number of hydrogen-bond acceptors (Lipinski definition) is 3. The van der Waals surface area contributed by atoms with Gasteiger partial charge in [0.05, 0.1) is 5.92 Å². The van der Waals surface area contributed by atoms with E-state index in [4.69, 9.17) is 0 Å². The fraction of sp³-hybridized carbons (Fsp3) is 0.938. The van der Waals surface area contributed by atoms with Gasteiger partial charge < -0.3 is 14.9 Å². The molecule has 4 nitrogen and oxygen atoms in total. The monoisotopic (exact) mass is 282 g/mol. The molecule has 0 saturated carbocycles. The van der Waals surface area contributed by atoms with Crippen LogP contribution in [0.5, 0.6) is 0 Å². The highest BCUT2D eigenvalue weighted by Crippen LogP contribution is 2.27. The van der Waals surface area contributed by atoms with Crippen LogP contribution in [-0.4, -0.2) is 60.1 Å². The van der Waals surface area contributed by atoms with Gasteiger partial charge in [0.1, 0.15) is 0 Å². The largest absolute Gasteiger partial charge is 0.481 e. The maximum absolute atomic E-state index is 11.7. The number of piperidine rings is 1. The van der Waals surface area contributed by atoms with Gasteiger partial charge in [-0.2, -0.15) is 0 Å². The number of carboxylic acid groups (broad SMARTS) is 1. The molecule has 2 aliphatic rings. The second-order valence-electron chi connectivity index (χ2n) is 6.43. The minimum atomic E-state index is -0.579. The second-order valence-corrected chi connectivity index (χ2v) is 6.43. The summed E-state index contributed by atoms with van der Waals surface area (Å²) in [7, 11) is 0. The summed E-state index contributed by atoms with van der Waals surface area (Å²) in [5.41, 5.74) is 0. The molecule has 116 valence electrons. The third kappa shape index (κ3) is 4.45. The number of aliphatic carboxylic acids is 1. The van der Waals surface area contributed by atoms with E-state index in [9.17, 15) is 9.90 Å². The van der Waals surface area contributed by atoms with Gasteiger partial charge in [-0.05, 0) is 64.3 Å². The van der Waals surface area contributed by atoms with Gasteiger partial charge in [0.15, 0.2) is 0 Å². The number of carbonyl (C=O) groups is 1. The van der Waals surface area contributed by atoms with Crippen molar-refractivity contribution in [3.8, 4) is 0 Å². The van der Waals surface area contributed by atoms with E-state index in [1.807, 2.05) is 0 Å². The van der Waals surface area contributed by atoms with Gasteiger partial charge in [0.2, 0.25) is 0 Å². The molecule has 0 amide bonds. The van der Waals surface area contributed by atoms with E-state index in [0.29, 0.717) is 5.92 Å². The van der Waals surface area contributed by atoms with Gasteiger partial charge in [0, 0.05) is 6.54 Å². The van der Waals surface area contributed by atoms with E-state index in [1.54, 1.807) is 0 Å². The maximum Gasteiger partial charge on any atom is 0.308 e. The van der Waals surface area contributed by atoms with Crippen molar-refractivity contribution in [2.45, 2.75) is 45.4 Å². The first-order valence-corrected chi connectivity index (χ1v) is 8.38. The predicted octanol–water partition coefficient (Wildman–Crippen LogP) is 2.30. The summed E-state index contributed by atoms with van der Waals surface area (Å²) in [5, 5.41) is 9.61. The molecule has 0 aromatic rings. The summed E-state index contributed by atoms with van der Waals surface area (Å²) in [4.78, 5) is 16.5. The molecular formula is C16H30N2O2. The molecule has 2 heterocycles. The Morgan fingerprint density at radius 3 is 2.15 bits per heavy atom. The smallest absolute Gasteiger partial charge is 0.308 e. The van der Waals surface area contributed by atoms with Gasteiger partial charge in [-0.3, -0.25) is 4.79 Å². The van der Waals surface area contributed by atoms with E-state index >= 15 is 0 Å². The zero-order valence-corrected chi connectivity index (χ0v) is 12.9. The quantitative estimate of drug-likeness (QED) is 0.840. The maximum atomic E-state index is 11.7. The molecule has 1 N–H and O–H groups in total. The van der Waals surface area contributed by atoms with Crippen LogP contribution in [0.3, 0.4) is 0 Å². The topological polar surface area (TPSA) is 43.8 Å². The average molecular weight is 282 g/mol. The van der Waals surface area contributed by atoms with E-state index in [1.165, 1.54) is 25.7 Å². The summed E-state index contributed by atoms with van der Waals surface area (Å²) in [6.45, 7) is 8.39. The first-order valence-electron chi connectivity index (χ1n) is 8.38. The highest BCUT2D eigenvalue weighted by molar-refractivity contribution is 5.70. The molecule has 1 unspecified atom stereocenters. The molecule has 4 heteroatoms. The molecule has 2 aliphatic heterocycles. The summed E-state index contributed by atoms with van der Waals surface area (Å²) in [6, 6.07) is 0. The zero-order chi connectivity index (χ0) is 14.4. The van der Waals surface area contributed by atoms with Crippen LogP contribution in [0.25, 0.3) is 0 Å². The molecule has 1 atom stereocenters. The van der Waals surface area contributed by atoms with Crippen LogP contribution >= 0.6 is 0 Å². The molecule has 0 aromatic heterocycles. The third-order valence-corrected chi connectivity index (χ3v) is 5.12. The van der Waals surface area contributed by atoms with Crippen molar-refractivity contribution in [2.24, 2.45) is 11.8 Å². The first-order chi connectivity index (χ1) is 9.70. The normalized spacial score (nSPS) is 25.2. The van der Waals surface area contributed by atoms with Crippen molar-refractivity contribution >= 4 is 5.97 Å². The lowest BCUT2D eigenvalue weighted by Gasteiger charge is -2.35. The van der Waals surface area contributed by atoms with Gasteiger partial charge in [-0.1, -0.05) is 19.8 Å². The van der Waals surface area contributed by atoms with Crippen LogP contribution in [0.4, 0.5) is 0 Å². The van der Waals surface area contributed by atoms with Crippen molar-refractivity contribution in [1.29, 1.82) is 0 Å². The molecular weight excluding hydrogens is 252 g/mol. The van der Waals surface area contributed by atoms with Crippen LogP contribution < -0.4 is 0 Å². The molecule has 2 saturated heterocycles. The van der Waals surface area contributed by atoms with Crippen molar-refractivity contribution in [1.82, 2.24) is 9.80 Å². The fourth-order valence-electron chi connectivity index (χ4n) is 3.70. The molecule has 0 aliphatic carbocycles. The Labute approximate surface area is 123 Å². The SMILES string of the molecule is CCN1CCC(C(CN2CCCCCC2)C(=O)O)CC1. The average Bonchev–Trinajstić information content (AvgIpc) is 2.73. The molecule has 0 radical (unpaired) electrons. The van der Waals surface area contributed by atoms with Crippen molar-refractivity contribution < 1.29 is 9.90 Å². The Balaban J connectivity index is 1.88. The minimum absolute atomic E-state index is 0.160. The number of carboxylic acids is 1. The standard InChI is InChI=1S/C16H30N2O2/c1-2-17-11-7-14(8-12-17)15(16(19)20)13-18-9-5-3-4-6-10-18/h14-15H,2-13H2,1H3,(H,19,20). The van der Waals surface area contributed by atoms with E-state index < -0.39 is 5.97 Å². The summed E-state index contributed by atoms with van der Waals surface area (Å²) < 4.78 is 0. The van der Waals surface area contributed by atoms with Crippen LogP contribution in [0.15, 0.2) is 0 Å². The number of likely N-dealkylation sites (tertiary alicyclic amines) is 2. The number of rotatable bonds is 5. The lowest BCUT2D eigenvalue weighted by molar-refractivity contribution is -0.145. The summed E-state index contributed by atoms with van der Waals surface area (Å²) in [6.07, 6.45) is 7.20. The van der Waals surface area contributed by atoms with E-state index in [0.717, 1.165) is 52.1 Å². The zero-order valence-electron chi connectivity index (χ0n) is 12.9. The Bertz CT molecular complexity index is 293. The second kappa shape index (κ2) is 7.99. The van der Waals surface area contributed by atoms with Gasteiger partial charge in [-0.15, -0.1) is 0 Å². The molecule has 20 heavy (non-hydrogen) atoms. The van der Waals surface area contributed by atoms with Gasteiger partial charge in [0.25, 0.3) is 0 Å². The Morgan fingerprint density at radius 2 is 1.65 bits per heavy atom. The van der Waals surface area contributed by atoms with Gasteiger partial charge >= 0.3 is 5.97 Å². The Morgan fingerprint density at radius 1 is 1.05 bits per heavy atom. The van der Waals surface area contributed by atoms with Crippen LogP contribution in [0.1, 0.15) is 45.4 Å². The van der Waals surface area contributed by atoms with Crippen molar-refractivity contribution in [3.05, 3.63) is 0 Å². The molecule has 2 fully saturated rings. The molecule has 0 bridgehead atoms. The van der Waals surface area contributed by atoms with Crippen molar-refractivity contribution in [3.63, 3.8) is 0 Å². The summed E-state index contributed by atoms with van der Waals surface area (Å²) >= 11 is 0. The highest BCUT2D eigenvalue weighted by atomic mass is 16.4. The minimum Gasteiger partial charge on any atom is -0.481 e. The third-order valence-electron chi connectivity index (χ3n) is 5.12. The molecule has 2 rings (SSSR count). The number of hydrogen-bond donors (Lipinski definition) is 1. The van der Waals surface area contributed by atoms with Crippen LogP contribution in [0, 0.1) is 11.8 Å². The van der Waals surface area contributed by atoms with Crippen LogP contribution in [-0.2, 0) is 4.79 Å². The van der Waals surface area contributed by atoms with E-state index in [-0.39, 0.29) is 5.92 Å². The van der Waals surface area contributed by atoms with Gasteiger partial charge in [-0.25, -0.2) is 0 Å². The van der Waals surface area contributed by atoms with Crippen molar-refractivity contribution in [2.75, 3.05) is 39.3 Å². The number of nitrogens with zero attached hydrogens (tertiary/aromatic N) is 2. The predicted molar refractivity (Wildman–Crippen MR) is 80.9 cm³/mol. The lowest BCUT2D eigenvalue weighted by Crippen LogP contribution is -2.42. The fourth-order valence-corrected chi connectivity index (χ4v) is 3.70. The van der Waals surface area contributed by atoms with Crippen LogP contribution in [0.2, 0.25) is 0 Å². The Hall–Kier alpha value is -0.610. The van der Waals surface area contributed by atoms with E-state index in [2.05, 4.69) is 16.7 Å². The lowest BCUT2D eigenvalue weighted by atomic mass is 9.83. The Kier molecular flexibility index (Phi) is 6.30. The molecule has 0 spiro atoms. The summed E-state index contributed by atoms with van der Waals surface area (Å²) in [5.74, 6) is -0.366. The highest BCUT2D eigenvalue weighted by Gasteiger charge is 2.32. The first kappa shape index (κ1) is 15.8. The molecule has 0 aromatic carbocycles.